The fourth-order valence-electron chi connectivity index (χ4n) is 2.05. The minimum Gasteiger partial charge on any atom is -0.399 e. The van der Waals surface area contributed by atoms with Crippen molar-refractivity contribution in [3.63, 3.8) is 0 Å². The molecule has 0 saturated carbocycles. The second-order valence-electron chi connectivity index (χ2n) is 4.83. The Hall–Kier alpha value is -1.81. The Morgan fingerprint density at radius 1 is 1.05 bits per heavy atom. The number of amides is 1. The van der Waals surface area contributed by atoms with Crippen molar-refractivity contribution >= 4 is 28.6 Å². The molecule has 2 aromatic rings. The third-order valence-electron chi connectivity index (χ3n) is 3.18. The van der Waals surface area contributed by atoms with Gasteiger partial charge >= 0.3 is 0 Å². The summed E-state index contributed by atoms with van der Waals surface area (Å²) in [6.45, 7) is 7.94. The van der Waals surface area contributed by atoms with Crippen molar-refractivity contribution < 1.29 is 4.79 Å². The number of aryl methyl sites for hydroxylation is 4. The molecule has 1 heterocycles. The molecule has 0 atom stereocenters. The monoisotopic (exact) mass is 274 g/mol. The summed E-state index contributed by atoms with van der Waals surface area (Å²) in [5.74, 6) is -0.0582. The largest absolute Gasteiger partial charge is 0.399 e. The van der Waals surface area contributed by atoms with Crippen LogP contribution in [-0.2, 0) is 0 Å². The first-order valence-corrected chi connectivity index (χ1v) is 6.95. The average Bonchev–Trinajstić information content (AvgIpc) is 2.64. The standard InChI is InChI=1S/C15H18N2OS/c1-8-7-13(19-11(8)4)15(18)17-14-9(2)5-12(16)6-10(14)3/h5-7H,16H2,1-4H3,(H,17,18). The molecule has 2 rings (SSSR count). The molecule has 4 heteroatoms. The predicted molar refractivity (Wildman–Crippen MR) is 82.1 cm³/mol. The molecule has 0 saturated heterocycles. The molecule has 100 valence electrons. The Balaban J connectivity index is 2.29. The van der Waals surface area contributed by atoms with E-state index >= 15 is 0 Å². The highest BCUT2D eigenvalue weighted by Gasteiger charge is 2.13. The highest BCUT2D eigenvalue weighted by Crippen LogP contribution is 2.26. The third kappa shape index (κ3) is 2.79. The van der Waals surface area contributed by atoms with Crippen LogP contribution in [0.1, 0.15) is 31.2 Å². The van der Waals surface area contributed by atoms with E-state index in [1.807, 2.05) is 45.9 Å². The average molecular weight is 274 g/mol. The van der Waals surface area contributed by atoms with Crippen LogP contribution in [0.3, 0.4) is 0 Å². The molecule has 1 amide bonds. The summed E-state index contributed by atoms with van der Waals surface area (Å²) in [5.41, 5.74) is 10.5. The van der Waals surface area contributed by atoms with Crippen molar-refractivity contribution in [1.82, 2.24) is 0 Å². The zero-order valence-electron chi connectivity index (χ0n) is 11.6. The van der Waals surface area contributed by atoms with Gasteiger partial charge in [-0.3, -0.25) is 4.79 Å². The van der Waals surface area contributed by atoms with Crippen molar-refractivity contribution in [2.24, 2.45) is 0 Å². The van der Waals surface area contributed by atoms with Crippen LogP contribution in [0.4, 0.5) is 11.4 Å². The molecule has 0 unspecified atom stereocenters. The molecule has 0 fully saturated rings. The molecule has 19 heavy (non-hydrogen) atoms. The number of anilines is 2. The minimum atomic E-state index is -0.0582. The summed E-state index contributed by atoms with van der Waals surface area (Å²) in [7, 11) is 0. The van der Waals surface area contributed by atoms with Crippen LogP contribution in [0.25, 0.3) is 0 Å². The van der Waals surface area contributed by atoms with E-state index in [0.29, 0.717) is 0 Å². The van der Waals surface area contributed by atoms with Gasteiger partial charge in [0, 0.05) is 16.3 Å². The number of nitrogen functional groups attached to an aromatic ring is 1. The van der Waals surface area contributed by atoms with Crippen molar-refractivity contribution in [1.29, 1.82) is 0 Å². The van der Waals surface area contributed by atoms with Gasteiger partial charge in [0.25, 0.3) is 5.91 Å². The molecule has 0 bridgehead atoms. The van der Waals surface area contributed by atoms with E-state index < -0.39 is 0 Å². The molecule has 0 spiro atoms. The van der Waals surface area contributed by atoms with Gasteiger partial charge in [-0.1, -0.05) is 0 Å². The molecule has 3 N–H and O–H groups in total. The second-order valence-corrected chi connectivity index (χ2v) is 6.09. The third-order valence-corrected chi connectivity index (χ3v) is 4.33. The number of hydrogen-bond donors (Lipinski definition) is 2. The van der Waals surface area contributed by atoms with Gasteiger partial charge in [-0.25, -0.2) is 0 Å². The van der Waals surface area contributed by atoms with E-state index in [2.05, 4.69) is 5.32 Å². The van der Waals surface area contributed by atoms with E-state index in [1.54, 1.807) is 0 Å². The van der Waals surface area contributed by atoms with Gasteiger partial charge in [-0.2, -0.15) is 0 Å². The predicted octanol–water partition coefficient (Wildman–Crippen LogP) is 3.82. The van der Waals surface area contributed by atoms with Crippen LogP contribution >= 0.6 is 11.3 Å². The lowest BCUT2D eigenvalue weighted by Crippen LogP contribution is -2.12. The molecule has 0 aliphatic rings. The molecule has 3 nitrogen and oxygen atoms in total. The number of rotatable bonds is 2. The molecule has 0 aliphatic carbocycles. The molecule has 0 radical (unpaired) electrons. The number of nitrogens with two attached hydrogens (primary N) is 1. The smallest absolute Gasteiger partial charge is 0.265 e. The van der Waals surface area contributed by atoms with Crippen molar-refractivity contribution in [3.8, 4) is 0 Å². The normalized spacial score (nSPS) is 10.5. The molecule has 1 aromatic carbocycles. The fraction of sp³-hybridized carbons (Fsp3) is 0.267. The topological polar surface area (TPSA) is 55.1 Å². The zero-order chi connectivity index (χ0) is 14.2. The SMILES string of the molecule is Cc1cc(C(=O)Nc2c(C)cc(N)cc2C)sc1C. The fourth-order valence-corrected chi connectivity index (χ4v) is 2.98. The van der Waals surface area contributed by atoms with Crippen LogP contribution in [0.2, 0.25) is 0 Å². The van der Waals surface area contributed by atoms with Gasteiger partial charge in [0.2, 0.25) is 0 Å². The van der Waals surface area contributed by atoms with Gasteiger partial charge in [0.15, 0.2) is 0 Å². The van der Waals surface area contributed by atoms with E-state index in [-0.39, 0.29) is 5.91 Å². The minimum absolute atomic E-state index is 0.0582. The van der Waals surface area contributed by atoms with Gasteiger partial charge in [-0.05, 0) is 62.6 Å². The number of thiophene rings is 1. The lowest BCUT2D eigenvalue weighted by atomic mass is 10.1. The Kier molecular flexibility index (Phi) is 3.62. The van der Waals surface area contributed by atoms with Crippen LogP contribution in [0.5, 0.6) is 0 Å². The Morgan fingerprint density at radius 2 is 1.63 bits per heavy atom. The van der Waals surface area contributed by atoms with Gasteiger partial charge in [0.05, 0.1) is 4.88 Å². The maximum absolute atomic E-state index is 12.2. The Bertz CT molecular complexity index is 601. The molecular formula is C15H18N2OS. The van der Waals surface area contributed by atoms with E-state index in [9.17, 15) is 4.79 Å². The van der Waals surface area contributed by atoms with E-state index in [4.69, 9.17) is 5.73 Å². The summed E-state index contributed by atoms with van der Waals surface area (Å²) in [5, 5.41) is 2.98. The second kappa shape index (κ2) is 5.05. The van der Waals surface area contributed by atoms with E-state index in [0.717, 1.165) is 32.9 Å². The van der Waals surface area contributed by atoms with Crippen LogP contribution in [-0.4, -0.2) is 5.91 Å². The number of nitrogens with one attached hydrogen (secondary N) is 1. The first-order valence-electron chi connectivity index (χ1n) is 6.13. The lowest BCUT2D eigenvalue weighted by molar-refractivity contribution is 0.103. The maximum atomic E-state index is 12.2. The lowest BCUT2D eigenvalue weighted by Gasteiger charge is -2.12. The zero-order valence-corrected chi connectivity index (χ0v) is 12.4. The van der Waals surface area contributed by atoms with E-state index in [1.165, 1.54) is 16.2 Å². The number of carbonyl (C=O) groups excluding carboxylic acids is 1. The van der Waals surface area contributed by atoms with Gasteiger partial charge < -0.3 is 11.1 Å². The molecule has 0 aliphatic heterocycles. The summed E-state index contributed by atoms with van der Waals surface area (Å²) in [4.78, 5) is 14.2. The van der Waals surface area contributed by atoms with Gasteiger partial charge in [-0.15, -0.1) is 11.3 Å². The number of benzene rings is 1. The van der Waals surface area contributed by atoms with Crippen LogP contribution in [0.15, 0.2) is 18.2 Å². The Labute approximate surface area is 117 Å². The highest BCUT2D eigenvalue weighted by molar-refractivity contribution is 7.14. The summed E-state index contributed by atoms with van der Waals surface area (Å²) in [6.07, 6.45) is 0. The van der Waals surface area contributed by atoms with Gasteiger partial charge in [0.1, 0.15) is 0 Å². The number of hydrogen-bond acceptors (Lipinski definition) is 3. The molecular weight excluding hydrogens is 256 g/mol. The maximum Gasteiger partial charge on any atom is 0.265 e. The van der Waals surface area contributed by atoms with Crippen molar-refractivity contribution in [2.75, 3.05) is 11.1 Å². The van der Waals surface area contributed by atoms with Crippen molar-refractivity contribution in [3.05, 3.63) is 44.6 Å². The first kappa shape index (κ1) is 13.6. The Morgan fingerprint density at radius 3 is 2.11 bits per heavy atom. The highest BCUT2D eigenvalue weighted by atomic mass is 32.1. The molecule has 1 aromatic heterocycles. The van der Waals surface area contributed by atoms with Crippen molar-refractivity contribution in [2.45, 2.75) is 27.7 Å². The number of carbonyl (C=O) groups is 1. The first-order chi connectivity index (χ1) is 8.88. The van der Waals surface area contributed by atoms with Crippen LogP contribution in [0, 0.1) is 27.7 Å². The quantitative estimate of drug-likeness (QED) is 0.818. The van der Waals surface area contributed by atoms with Crippen LogP contribution < -0.4 is 11.1 Å². The summed E-state index contributed by atoms with van der Waals surface area (Å²) >= 11 is 1.52. The summed E-state index contributed by atoms with van der Waals surface area (Å²) in [6, 6.07) is 5.67. The summed E-state index contributed by atoms with van der Waals surface area (Å²) < 4.78 is 0.